The van der Waals surface area contributed by atoms with Gasteiger partial charge in [-0.05, 0) is 52.6 Å². The van der Waals surface area contributed by atoms with E-state index in [9.17, 15) is 26.3 Å². The Morgan fingerprint density at radius 2 is 1.06 bits per heavy atom. The Hall–Kier alpha value is -4.20. The Labute approximate surface area is 203 Å². The average Bonchev–Trinajstić information content (AvgIpc) is 2.84. The van der Waals surface area contributed by atoms with Gasteiger partial charge in [0, 0.05) is 5.56 Å². The molecule has 0 aliphatic carbocycles. The zero-order valence-corrected chi connectivity index (χ0v) is 18.6. The lowest BCUT2D eigenvalue weighted by atomic mass is 9.96. The van der Waals surface area contributed by atoms with Crippen molar-refractivity contribution in [1.29, 1.82) is 0 Å². The number of anilines is 1. The van der Waals surface area contributed by atoms with Gasteiger partial charge in [-0.25, -0.2) is 0 Å². The Kier molecular flexibility index (Phi) is 6.54. The monoisotopic (exact) mass is 499 g/mol. The normalized spacial score (nSPS) is 11.8. The third-order valence-electron chi connectivity index (χ3n) is 5.50. The van der Waals surface area contributed by atoms with Gasteiger partial charge in [-0.1, -0.05) is 67.2 Å². The lowest BCUT2D eigenvalue weighted by molar-refractivity contribution is -0.143. The molecule has 8 heteroatoms. The molecule has 2 nitrogen and oxygen atoms in total. The number of alkyl halides is 6. The lowest BCUT2D eigenvalue weighted by Gasteiger charge is -2.15. The molecule has 0 bridgehead atoms. The van der Waals surface area contributed by atoms with Gasteiger partial charge in [-0.15, -0.1) is 0 Å². The topological polar surface area (TPSA) is 35.2 Å². The van der Waals surface area contributed by atoms with Gasteiger partial charge in [0.1, 0.15) is 11.5 Å². The second-order valence-corrected chi connectivity index (χ2v) is 8.01. The molecule has 0 aromatic heterocycles. The van der Waals surface area contributed by atoms with Crippen LogP contribution >= 0.6 is 0 Å². The van der Waals surface area contributed by atoms with Crippen LogP contribution in [0.25, 0.3) is 28.0 Å². The van der Waals surface area contributed by atoms with E-state index in [-0.39, 0.29) is 17.2 Å². The molecule has 0 unspecified atom stereocenters. The van der Waals surface area contributed by atoms with Crippen LogP contribution in [-0.2, 0) is 12.4 Å². The summed E-state index contributed by atoms with van der Waals surface area (Å²) in [5.41, 5.74) is 5.93. The van der Waals surface area contributed by atoms with E-state index in [4.69, 9.17) is 10.5 Å². The predicted molar refractivity (Wildman–Crippen MR) is 128 cm³/mol. The van der Waals surface area contributed by atoms with Crippen molar-refractivity contribution in [3.05, 3.63) is 114 Å². The van der Waals surface area contributed by atoms with E-state index in [1.165, 1.54) is 12.1 Å². The molecule has 0 radical (unpaired) electrons. The van der Waals surface area contributed by atoms with Crippen LogP contribution in [0.3, 0.4) is 0 Å². The first-order valence-corrected chi connectivity index (χ1v) is 10.6. The molecule has 0 spiro atoms. The Bertz CT molecular complexity index is 1360. The largest absolute Gasteiger partial charge is 0.455 e. The van der Waals surface area contributed by atoms with E-state index in [0.29, 0.717) is 34.9 Å². The maximum absolute atomic E-state index is 13.2. The zero-order valence-electron chi connectivity index (χ0n) is 18.6. The molecule has 4 aromatic carbocycles. The van der Waals surface area contributed by atoms with Gasteiger partial charge in [0.05, 0.1) is 16.8 Å². The smallest absolute Gasteiger partial charge is 0.416 e. The Balaban J connectivity index is 1.57. The van der Waals surface area contributed by atoms with Crippen molar-refractivity contribution >= 4 is 11.4 Å². The molecule has 0 fully saturated rings. The van der Waals surface area contributed by atoms with Crippen molar-refractivity contribution in [2.75, 3.05) is 5.73 Å². The van der Waals surface area contributed by atoms with E-state index in [1.807, 2.05) is 0 Å². The van der Waals surface area contributed by atoms with Gasteiger partial charge in [0.2, 0.25) is 0 Å². The number of nitrogen functional groups attached to an aromatic ring is 1. The molecule has 4 aromatic rings. The van der Waals surface area contributed by atoms with Crippen molar-refractivity contribution in [1.82, 2.24) is 0 Å². The van der Waals surface area contributed by atoms with Crippen LogP contribution in [0.2, 0.25) is 0 Å². The van der Waals surface area contributed by atoms with Gasteiger partial charge >= 0.3 is 12.4 Å². The summed E-state index contributed by atoms with van der Waals surface area (Å²) in [7, 11) is 0. The Morgan fingerprint density at radius 3 is 1.53 bits per heavy atom. The molecular formula is C28H19F6NO. The molecule has 0 aliphatic heterocycles. The zero-order chi connectivity index (χ0) is 26.1. The van der Waals surface area contributed by atoms with Crippen molar-refractivity contribution in [2.45, 2.75) is 12.4 Å². The average molecular weight is 499 g/mol. The van der Waals surface area contributed by atoms with Crippen LogP contribution in [-0.4, -0.2) is 0 Å². The van der Waals surface area contributed by atoms with Crippen LogP contribution in [0.4, 0.5) is 32.0 Å². The number of ether oxygens (including phenoxy) is 1. The predicted octanol–water partition coefficient (Wildman–Crippen LogP) is 8.69. The van der Waals surface area contributed by atoms with Crippen LogP contribution in [0.5, 0.6) is 5.75 Å². The minimum atomic E-state index is -4.91. The molecule has 184 valence electrons. The van der Waals surface area contributed by atoms with Gasteiger partial charge in [0.25, 0.3) is 0 Å². The Morgan fingerprint density at radius 1 is 0.611 bits per heavy atom. The quantitative estimate of drug-likeness (QED) is 0.169. The van der Waals surface area contributed by atoms with E-state index in [0.717, 1.165) is 11.1 Å². The molecule has 0 atom stereocenters. The first kappa shape index (κ1) is 24.9. The fourth-order valence-electron chi connectivity index (χ4n) is 3.59. The summed E-state index contributed by atoms with van der Waals surface area (Å²) in [5, 5.41) is 0. The summed E-state index contributed by atoms with van der Waals surface area (Å²) in [6.45, 7) is 3.92. The third kappa shape index (κ3) is 5.54. The van der Waals surface area contributed by atoms with Crippen LogP contribution in [0.1, 0.15) is 16.7 Å². The first-order valence-electron chi connectivity index (χ1n) is 10.6. The number of rotatable bonds is 5. The van der Waals surface area contributed by atoms with Gasteiger partial charge in [-0.2, -0.15) is 26.3 Å². The summed E-state index contributed by atoms with van der Waals surface area (Å²) in [6.07, 6.45) is -9.81. The highest BCUT2D eigenvalue weighted by atomic mass is 19.4. The highest BCUT2D eigenvalue weighted by Crippen LogP contribution is 2.39. The van der Waals surface area contributed by atoms with E-state index < -0.39 is 23.5 Å². The molecule has 0 aliphatic rings. The molecule has 36 heavy (non-hydrogen) atoms. The number of nitrogens with two attached hydrogens (primary N) is 1. The minimum absolute atomic E-state index is 0.114. The standard InChI is InChI=1S/C28H19F6NO/c1-17(36-26-5-3-2-4-25(26)35)18-6-8-19(9-7-18)20-10-12-21(13-11-20)22-14-23(27(29,30)31)16-24(15-22)28(32,33)34/h2-16H,1,35H2. The van der Waals surface area contributed by atoms with Crippen molar-refractivity contribution in [2.24, 2.45) is 0 Å². The summed E-state index contributed by atoms with van der Waals surface area (Å²) in [5.74, 6) is 0.866. The van der Waals surface area contributed by atoms with Crippen LogP contribution in [0.15, 0.2) is 97.6 Å². The maximum Gasteiger partial charge on any atom is 0.416 e. The summed E-state index contributed by atoms with van der Waals surface area (Å²) in [4.78, 5) is 0. The molecule has 0 amide bonds. The number of hydrogen-bond donors (Lipinski definition) is 1. The second kappa shape index (κ2) is 9.45. The highest BCUT2D eigenvalue weighted by molar-refractivity contribution is 5.73. The molecule has 0 saturated heterocycles. The van der Waals surface area contributed by atoms with E-state index in [2.05, 4.69) is 6.58 Å². The maximum atomic E-state index is 13.2. The highest BCUT2D eigenvalue weighted by Gasteiger charge is 2.37. The lowest BCUT2D eigenvalue weighted by Crippen LogP contribution is -2.11. The van der Waals surface area contributed by atoms with Crippen LogP contribution < -0.4 is 10.5 Å². The second-order valence-electron chi connectivity index (χ2n) is 8.01. The summed E-state index contributed by atoms with van der Waals surface area (Å²) < 4.78 is 84.8. The number of hydrogen-bond acceptors (Lipinski definition) is 2. The van der Waals surface area contributed by atoms with Gasteiger partial charge in [-0.3, -0.25) is 0 Å². The fourth-order valence-corrected chi connectivity index (χ4v) is 3.59. The summed E-state index contributed by atoms with van der Waals surface area (Å²) in [6, 6.07) is 22.0. The first-order chi connectivity index (χ1) is 16.9. The molecule has 4 rings (SSSR count). The van der Waals surface area contributed by atoms with E-state index >= 15 is 0 Å². The van der Waals surface area contributed by atoms with E-state index in [1.54, 1.807) is 60.7 Å². The molecular weight excluding hydrogens is 480 g/mol. The SMILES string of the molecule is C=C(Oc1ccccc1N)c1ccc(-c2ccc(-c3cc(C(F)(F)F)cc(C(F)(F)F)c3)cc2)cc1. The number of benzene rings is 4. The number of para-hydroxylation sites is 2. The molecule has 0 saturated carbocycles. The third-order valence-corrected chi connectivity index (χ3v) is 5.50. The number of halogens is 6. The summed E-state index contributed by atoms with van der Waals surface area (Å²) >= 11 is 0. The molecule has 0 heterocycles. The van der Waals surface area contributed by atoms with Crippen LogP contribution in [0, 0.1) is 0 Å². The van der Waals surface area contributed by atoms with Crippen molar-refractivity contribution in [3.63, 3.8) is 0 Å². The fraction of sp³-hybridized carbons (Fsp3) is 0.0714. The van der Waals surface area contributed by atoms with Gasteiger partial charge < -0.3 is 10.5 Å². The van der Waals surface area contributed by atoms with Crippen molar-refractivity contribution in [3.8, 4) is 28.0 Å². The minimum Gasteiger partial charge on any atom is -0.455 e. The molecule has 2 N–H and O–H groups in total. The van der Waals surface area contributed by atoms with Crippen molar-refractivity contribution < 1.29 is 31.1 Å². The van der Waals surface area contributed by atoms with Gasteiger partial charge in [0.15, 0.2) is 0 Å².